The van der Waals surface area contributed by atoms with Crippen molar-refractivity contribution in [1.29, 1.82) is 0 Å². The molecular formula is C12H20N2O3S. The van der Waals surface area contributed by atoms with Crippen LogP contribution in [-0.2, 0) is 10.0 Å². The summed E-state index contributed by atoms with van der Waals surface area (Å²) in [7, 11) is -3.45. The molecule has 102 valence electrons. The predicted molar refractivity (Wildman–Crippen MR) is 71.2 cm³/mol. The topological polar surface area (TPSA) is 81.4 Å². The number of ether oxygens (including phenoxy) is 1. The van der Waals surface area contributed by atoms with Crippen LogP contribution >= 0.6 is 0 Å². The number of rotatable bonds is 7. The number of hydrogen-bond acceptors (Lipinski definition) is 4. The molecule has 1 aromatic rings. The Labute approximate surface area is 108 Å². The summed E-state index contributed by atoms with van der Waals surface area (Å²) in [5.41, 5.74) is 6.13. The molecule has 0 unspecified atom stereocenters. The van der Waals surface area contributed by atoms with Crippen molar-refractivity contribution in [2.75, 3.05) is 19.7 Å². The first-order valence-corrected chi connectivity index (χ1v) is 7.42. The van der Waals surface area contributed by atoms with E-state index in [0.717, 1.165) is 5.56 Å². The van der Waals surface area contributed by atoms with Gasteiger partial charge in [-0.05, 0) is 50.6 Å². The quantitative estimate of drug-likeness (QED) is 0.726. The Balaban J connectivity index is 2.86. The average molecular weight is 272 g/mol. The first-order valence-electron chi connectivity index (χ1n) is 5.94. The SMILES string of the molecule is CCOc1ccc(S(=O)(=O)NCCCN)cc1C. The molecule has 1 aromatic carbocycles. The molecule has 18 heavy (non-hydrogen) atoms. The van der Waals surface area contributed by atoms with Crippen LogP contribution < -0.4 is 15.2 Å². The molecule has 0 saturated heterocycles. The van der Waals surface area contributed by atoms with Crippen molar-refractivity contribution in [3.8, 4) is 5.75 Å². The Kier molecular flexibility index (Phi) is 5.58. The van der Waals surface area contributed by atoms with Gasteiger partial charge in [-0.1, -0.05) is 0 Å². The van der Waals surface area contributed by atoms with Gasteiger partial charge in [0.25, 0.3) is 0 Å². The largest absolute Gasteiger partial charge is 0.494 e. The molecule has 5 nitrogen and oxygen atoms in total. The maximum absolute atomic E-state index is 11.9. The molecule has 0 fully saturated rings. The van der Waals surface area contributed by atoms with E-state index >= 15 is 0 Å². The van der Waals surface area contributed by atoms with Crippen LogP contribution in [0, 0.1) is 6.92 Å². The number of nitrogens with two attached hydrogens (primary N) is 1. The van der Waals surface area contributed by atoms with Gasteiger partial charge in [0.15, 0.2) is 0 Å². The minimum Gasteiger partial charge on any atom is -0.494 e. The van der Waals surface area contributed by atoms with E-state index in [-0.39, 0.29) is 4.90 Å². The highest BCUT2D eigenvalue weighted by Gasteiger charge is 2.14. The van der Waals surface area contributed by atoms with Crippen molar-refractivity contribution >= 4 is 10.0 Å². The minimum atomic E-state index is -3.45. The van der Waals surface area contributed by atoms with Crippen LogP contribution in [0.1, 0.15) is 18.9 Å². The first kappa shape index (κ1) is 14.9. The minimum absolute atomic E-state index is 0.250. The lowest BCUT2D eigenvalue weighted by Gasteiger charge is -2.10. The summed E-state index contributed by atoms with van der Waals surface area (Å²) in [6.07, 6.45) is 0.620. The van der Waals surface area contributed by atoms with Gasteiger partial charge in [-0.2, -0.15) is 0 Å². The summed E-state index contributed by atoms with van der Waals surface area (Å²) in [4.78, 5) is 0.250. The fourth-order valence-electron chi connectivity index (χ4n) is 1.50. The molecule has 0 amide bonds. The third kappa shape index (κ3) is 3.97. The maximum Gasteiger partial charge on any atom is 0.240 e. The molecule has 0 heterocycles. The summed E-state index contributed by atoms with van der Waals surface area (Å²) in [5, 5.41) is 0. The van der Waals surface area contributed by atoms with Gasteiger partial charge in [0, 0.05) is 6.54 Å². The van der Waals surface area contributed by atoms with Gasteiger partial charge in [-0.3, -0.25) is 0 Å². The number of benzene rings is 1. The molecule has 0 aliphatic carbocycles. The van der Waals surface area contributed by atoms with Crippen molar-refractivity contribution in [2.24, 2.45) is 5.73 Å². The Bertz CT molecular complexity index is 486. The van der Waals surface area contributed by atoms with Crippen LogP contribution in [0.15, 0.2) is 23.1 Å². The molecule has 0 radical (unpaired) electrons. The third-order valence-electron chi connectivity index (χ3n) is 2.43. The zero-order valence-electron chi connectivity index (χ0n) is 10.8. The molecule has 0 aromatic heterocycles. The number of aryl methyl sites for hydroxylation is 1. The summed E-state index contributed by atoms with van der Waals surface area (Å²) in [6, 6.07) is 4.83. The van der Waals surface area contributed by atoms with E-state index in [2.05, 4.69) is 4.72 Å². The van der Waals surface area contributed by atoms with E-state index in [1.54, 1.807) is 18.2 Å². The normalized spacial score (nSPS) is 11.5. The fourth-order valence-corrected chi connectivity index (χ4v) is 2.66. The molecule has 1 rings (SSSR count). The summed E-state index contributed by atoms with van der Waals surface area (Å²) < 4.78 is 31.7. The van der Waals surface area contributed by atoms with E-state index < -0.39 is 10.0 Å². The van der Waals surface area contributed by atoms with E-state index in [1.807, 2.05) is 13.8 Å². The van der Waals surface area contributed by atoms with Gasteiger partial charge < -0.3 is 10.5 Å². The molecule has 3 N–H and O–H groups in total. The highest BCUT2D eigenvalue weighted by atomic mass is 32.2. The van der Waals surface area contributed by atoms with Gasteiger partial charge in [0.1, 0.15) is 5.75 Å². The molecule has 0 atom stereocenters. The molecular weight excluding hydrogens is 252 g/mol. The van der Waals surface area contributed by atoms with Crippen molar-refractivity contribution in [1.82, 2.24) is 4.72 Å². The van der Waals surface area contributed by atoms with E-state index in [9.17, 15) is 8.42 Å². The van der Waals surface area contributed by atoms with Crippen LogP contribution in [0.2, 0.25) is 0 Å². The second kappa shape index (κ2) is 6.72. The van der Waals surface area contributed by atoms with Crippen LogP contribution in [0.4, 0.5) is 0 Å². The van der Waals surface area contributed by atoms with Gasteiger partial charge in [-0.15, -0.1) is 0 Å². The number of hydrogen-bond donors (Lipinski definition) is 2. The van der Waals surface area contributed by atoms with Crippen LogP contribution in [0.25, 0.3) is 0 Å². The van der Waals surface area contributed by atoms with E-state index in [1.165, 1.54) is 0 Å². The Hall–Kier alpha value is -1.11. The fraction of sp³-hybridized carbons (Fsp3) is 0.500. The number of sulfonamides is 1. The molecule has 6 heteroatoms. The standard InChI is InChI=1S/C12H20N2O3S/c1-3-17-12-6-5-11(9-10(12)2)18(15,16)14-8-4-7-13/h5-6,9,14H,3-4,7-8,13H2,1-2H3. The van der Waals surface area contributed by atoms with Crippen molar-refractivity contribution < 1.29 is 13.2 Å². The summed E-state index contributed by atoms with van der Waals surface area (Å²) in [5.74, 6) is 0.707. The van der Waals surface area contributed by atoms with E-state index in [0.29, 0.717) is 31.9 Å². The zero-order chi connectivity index (χ0) is 13.6. The highest BCUT2D eigenvalue weighted by Crippen LogP contribution is 2.21. The molecule has 0 aliphatic rings. The van der Waals surface area contributed by atoms with Crippen LogP contribution in [-0.4, -0.2) is 28.1 Å². The van der Waals surface area contributed by atoms with Gasteiger partial charge >= 0.3 is 0 Å². The molecule has 0 bridgehead atoms. The summed E-state index contributed by atoms with van der Waals surface area (Å²) >= 11 is 0. The summed E-state index contributed by atoms with van der Waals surface area (Å²) in [6.45, 7) is 5.08. The Morgan fingerprint density at radius 2 is 2.11 bits per heavy atom. The monoisotopic (exact) mass is 272 g/mol. The lowest BCUT2D eigenvalue weighted by atomic mass is 10.2. The average Bonchev–Trinajstić information content (AvgIpc) is 2.32. The lowest BCUT2D eigenvalue weighted by Crippen LogP contribution is -2.26. The van der Waals surface area contributed by atoms with Gasteiger partial charge in [0.05, 0.1) is 11.5 Å². The van der Waals surface area contributed by atoms with Crippen molar-refractivity contribution in [3.63, 3.8) is 0 Å². The number of nitrogens with one attached hydrogen (secondary N) is 1. The Morgan fingerprint density at radius 1 is 1.39 bits per heavy atom. The molecule has 0 aliphatic heterocycles. The molecule has 0 spiro atoms. The van der Waals surface area contributed by atoms with Crippen LogP contribution in [0.3, 0.4) is 0 Å². The van der Waals surface area contributed by atoms with Crippen molar-refractivity contribution in [2.45, 2.75) is 25.2 Å². The van der Waals surface area contributed by atoms with Crippen molar-refractivity contribution in [3.05, 3.63) is 23.8 Å². The lowest BCUT2D eigenvalue weighted by molar-refractivity contribution is 0.337. The van der Waals surface area contributed by atoms with Gasteiger partial charge in [-0.25, -0.2) is 13.1 Å². The van der Waals surface area contributed by atoms with Crippen LogP contribution in [0.5, 0.6) is 5.75 Å². The second-order valence-corrected chi connectivity index (χ2v) is 5.67. The highest BCUT2D eigenvalue weighted by molar-refractivity contribution is 7.89. The molecule has 0 saturated carbocycles. The first-order chi connectivity index (χ1) is 8.51. The van der Waals surface area contributed by atoms with E-state index in [4.69, 9.17) is 10.5 Å². The predicted octanol–water partition coefficient (Wildman–Crippen LogP) is 1.02. The Morgan fingerprint density at radius 3 is 2.67 bits per heavy atom. The third-order valence-corrected chi connectivity index (χ3v) is 3.89. The smallest absolute Gasteiger partial charge is 0.240 e. The second-order valence-electron chi connectivity index (χ2n) is 3.90. The van der Waals surface area contributed by atoms with Gasteiger partial charge in [0.2, 0.25) is 10.0 Å². The maximum atomic E-state index is 11.9. The zero-order valence-corrected chi connectivity index (χ0v) is 11.6.